The van der Waals surface area contributed by atoms with Crippen molar-refractivity contribution in [1.29, 1.82) is 0 Å². The molecule has 1 heterocycles. The highest BCUT2D eigenvalue weighted by atomic mass is 16.5. The molecule has 1 nitrogen and oxygen atoms in total. The van der Waals surface area contributed by atoms with Crippen LogP contribution in [-0.4, -0.2) is 6.61 Å². The maximum Gasteiger partial charge on any atom is 0.123 e. The van der Waals surface area contributed by atoms with Crippen molar-refractivity contribution in [3.8, 4) is 5.75 Å². The van der Waals surface area contributed by atoms with Crippen molar-refractivity contribution in [1.82, 2.24) is 0 Å². The Morgan fingerprint density at radius 3 is 3.25 bits per heavy atom. The molecule has 0 bridgehead atoms. The summed E-state index contributed by atoms with van der Waals surface area (Å²) in [5, 5.41) is 0. The summed E-state index contributed by atoms with van der Waals surface area (Å²) in [6, 6.07) is 6.57. The minimum atomic E-state index is 0.828. The van der Waals surface area contributed by atoms with Crippen LogP contribution < -0.4 is 4.74 Å². The van der Waals surface area contributed by atoms with E-state index in [1.54, 1.807) is 0 Å². The van der Waals surface area contributed by atoms with E-state index in [0.717, 1.165) is 24.2 Å². The highest BCUT2D eigenvalue weighted by Gasteiger charge is 2.43. The molecule has 1 aliphatic carbocycles. The lowest BCUT2D eigenvalue weighted by Crippen LogP contribution is -2.08. The van der Waals surface area contributed by atoms with Crippen LogP contribution in [0, 0.1) is 12.8 Å². The monoisotopic (exact) mass is 160 g/mol. The van der Waals surface area contributed by atoms with Crippen LogP contribution in [0.25, 0.3) is 0 Å². The molecule has 2 atom stereocenters. The average molecular weight is 160 g/mol. The first-order valence-electron chi connectivity index (χ1n) is 4.58. The number of rotatable bonds is 0. The lowest BCUT2D eigenvalue weighted by Gasteiger charge is -2.16. The van der Waals surface area contributed by atoms with Crippen LogP contribution in [-0.2, 0) is 0 Å². The van der Waals surface area contributed by atoms with Crippen LogP contribution in [0.3, 0.4) is 0 Å². The molecule has 0 N–H and O–H groups in total. The van der Waals surface area contributed by atoms with Crippen molar-refractivity contribution < 1.29 is 4.74 Å². The van der Waals surface area contributed by atoms with Gasteiger partial charge >= 0.3 is 0 Å². The van der Waals surface area contributed by atoms with E-state index in [1.165, 1.54) is 17.5 Å². The van der Waals surface area contributed by atoms with Crippen molar-refractivity contribution in [2.24, 2.45) is 5.92 Å². The SMILES string of the molecule is Cc1ccc2c(c1)OC[C@@H]1CC21. The van der Waals surface area contributed by atoms with E-state index in [9.17, 15) is 0 Å². The fraction of sp³-hybridized carbons (Fsp3) is 0.455. The average Bonchev–Trinajstić information content (AvgIpc) is 2.82. The molecule has 2 aliphatic rings. The summed E-state index contributed by atoms with van der Waals surface area (Å²) in [5.41, 5.74) is 2.74. The topological polar surface area (TPSA) is 9.23 Å². The maximum atomic E-state index is 5.66. The third kappa shape index (κ3) is 0.795. The fourth-order valence-corrected chi connectivity index (χ4v) is 2.08. The highest BCUT2D eigenvalue weighted by Crippen LogP contribution is 2.53. The van der Waals surface area contributed by atoms with Gasteiger partial charge in [0.05, 0.1) is 6.61 Å². The molecule has 1 saturated carbocycles. The van der Waals surface area contributed by atoms with Gasteiger partial charge in [-0.2, -0.15) is 0 Å². The first-order valence-corrected chi connectivity index (χ1v) is 4.58. The normalized spacial score (nSPS) is 30.1. The summed E-state index contributed by atoms with van der Waals surface area (Å²) in [7, 11) is 0. The Kier molecular flexibility index (Phi) is 1.11. The van der Waals surface area contributed by atoms with Gasteiger partial charge in [-0.15, -0.1) is 0 Å². The predicted octanol–water partition coefficient (Wildman–Crippen LogP) is 2.49. The van der Waals surface area contributed by atoms with E-state index >= 15 is 0 Å². The van der Waals surface area contributed by atoms with Gasteiger partial charge in [0, 0.05) is 5.92 Å². The largest absolute Gasteiger partial charge is 0.493 e. The number of benzene rings is 1. The fourth-order valence-electron chi connectivity index (χ4n) is 2.08. The first-order chi connectivity index (χ1) is 5.84. The molecule has 0 saturated heterocycles. The van der Waals surface area contributed by atoms with Crippen molar-refractivity contribution in [3.63, 3.8) is 0 Å². The van der Waals surface area contributed by atoms with Crippen molar-refractivity contribution in [2.75, 3.05) is 6.61 Å². The second-order valence-electron chi connectivity index (χ2n) is 3.95. The van der Waals surface area contributed by atoms with Gasteiger partial charge in [-0.25, -0.2) is 0 Å². The zero-order valence-corrected chi connectivity index (χ0v) is 7.21. The predicted molar refractivity (Wildman–Crippen MR) is 47.5 cm³/mol. The standard InChI is InChI=1S/C11H12O/c1-7-2-3-9-10-5-8(10)6-12-11(9)4-7/h2-4,8,10H,5-6H2,1H3/t8-,10?/m0/s1. The van der Waals surface area contributed by atoms with Gasteiger partial charge in [-0.05, 0) is 36.5 Å². The summed E-state index contributed by atoms with van der Waals surface area (Å²) in [6.45, 7) is 3.06. The van der Waals surface area contributed by atoms with Gasteiger partial charge in [0.25, 0.3) is 0 Å². The summed E-state index contributed by atoms with van der Waals surface area (Å²) in [5.74, 6) is 2.79. The van der Waals surface area contributed by atoms with Gasteiger partial charge in [0.15, 0.2) is 0 Å². The molecule has 0 spiro atoms. The highest BCUT2D eigenvalue weighted by molar-refractivity contribution is 5.44. The molecule has 3 rings (SSSR count). The molecule has 62 valence electrons. The Bertz CT molecular complexity index is 330. The number of ether oxygens (including phenoxy) is 1. The number of hydrogen-bond acceptors (Lipinski definition) is 1. The summed E-state index contributed by atoms with van der Waals surface area (Å²) < 4.78 is 5.66. The maximum absolute atomic E-state index is 5.66. The van der Waals surface area contributed by atoms with Crippen LogP contribution in [0.1, 0.15) is 23.5 Å². The molecule has 1 aliphatic heterocycles. The number of hydrogen-bond donors (Lipinski definition) is 0. The Morgan fingerprint density at radius 1 is 1.42 bits per heavy atom. The van der Waals surface area contributed by atoms with Crippen molar-refractivity contribution in [2.45, 2.75) is 19.3 Å². The summed E-state index contributed by atoms with van der Waals surface area (Å²) in [6.07, 6.45) is 1.34. The Hall–Kier alpha value is -0.980. The second kappa shape index (κ2) is 2.03. The van der Waals surface area contributed by atoms with Gasteiger partial charge in [0.1, 0.15) is 5.75 Å². The van der Waals surface area contributed by atoms with Crippen LogP contribution in [0.4, 0.5) is 0 Å². The van der Waals surface area contributed by atoms with Crippen molar-refractivity contribution in [3.05, 3.63) is 29.3 Å². The molecule has 0 aromatic heterocycles. The lowest BCUT2D eigenvalue weighted by molar-refractivity contribution is 0.279. The van der Waals surface area contributed by atoms with E-state index in [2.05, 4.69) is 25.1 Å². The molecular weight excluding hydrogens is 148 g/mol. The Labute approximate surface area is 72.4 Å². The van der Waals surface area contributed by atoms with Crippen LogP contribution in [0.5, 0.6) is 5.75 Å². The summed E-state index contributed by atoms with van der Waals surface area (Å²) in [4.78, 5) is 0. The molecule has 1 aromatic rings. The summed E-state index contributed by atoms with van der Waals surface area (Å²) >= 11 is 0. The molecule has 1 aromatic carbocycles. The molecule has 0 radical (unpaired) electrons. The molecular formula is C11H12O. The van der Waals surface area contributed by atoms with E-state index in [1.807, 2.05) is 0 Å². The molecule has 1 heteroatoms. The molecule has 0 amide bonds. The minimum absolute atomic E-state index is 0.828. The Morgan fingerprint density at radius 2 is 2.33 bits per heavy atom. The lowest BCUT2D eigenvalue weighted by atomic mass is 10.0. The quantitative estimate of drug-likeness (QED) is 0.566. The molecule has 1 fully saturated rings. The smallest absolute Gasteiger partial charge is 0.123 e. The Balaban J connectivity index is 2.12. The van der Waals surface area contributed by atoms with Crippen molar-refractivity contribution >= 4 is 0 Å². The van der Waals surface area contributed by atoms with Crippen LogP contribution in [0.15, 0.2) is 18.2 Å². The van der Waals surface area contributed by atoms with Crippen LogP contribution in [0.2, 0.25) is 0 Å². The van der Waals surface area contributed by atoms with E-state index in [4.69, 9.17) is 4.74 Å². The van der Waals surface area contributed by atoms with Gasteiger partial charge in [0.2, 0.25) is 0 Å². The van der Waals surface area contributed by atoms with E-state index in [0.29, 0.717) is 0 Å². The van der Waals surface area contributed by atoms with E-state index in [-0.39, 0.29) is 0 Å². The minimum Gasteiger partial charge on any atom is -0.493 e. The number of aryl methyl sites for hydroxylation is 1. The second-order valence-corrected chi connectivity index (χ2v) is 3.95. The van der Waals surface area contributed by atoms with E-state index < -0.39 is 0 Å². The molecule has 12 heavy (non-hydrogen) atoms. The van der Waals surface area contributed by atoms with Gasteiger partial charge < -0.3 is 4.74 Å². The van der Waals surface area contributed by atoms with Gasteiger partial charge in [-0.1, -0.05) is 12.1 Å². The molecule has 1 unspecified atom stereocenters. The third-order valence-corrected chi connectivity index (χ3v) is 2.94. The van der Waals surface area contributed by atoms with Crippen LogP contribution >= 0.6 is 0 Å². The zero-order valence-electron chi connectivity index (χ0n) is 7.21. The van der Waals surface area contributed by atoms with Gasteiger partial charge in [-0.3, -0.25) is 0 Å². The zero-order chi connectivity index (χ0) is 8.13. The third-order valence-electron chi connectivity index (χ3n) is 2.94. The first kappa shape index (κ1) is 6.53. The number of fused-ring (bicyclic) bond motifs is 3.